The Morgan fingerprint density at radius 2 is 2.24 bits per heavy atom. The normalized spacial score (nSPS) is 11.0. The molecule has 0 aliphatic rings. The Kier molecular flexibility index (Phi) is 6.11. The molecule has 0 spiro atoms. The van der Waals surface area contributed by atoms with Gasteiger partial charge in [0.2, 0.25) is 0 Å². The number of hydrogen-bond donors (Lipinski definition) is 1. The van der Waals surface area contributed by atoms with E-state index in [1.54, 1.807) is 36.6 Å². The van der Waals surface area contributed by atoms with Crippen LogP contribution in [0.4, 0.5) is 4.39 Å². The van der Waals surface area contributed by atoms with Crippen LogP contribution in [-0.2, 0) is 24.3 Å². The molecule has 0 aliphatic heterocycles. The third kappa shape index (κ3) is 4.23. The highest BCUT2D eigenvalue weighted by atomic mass is 35.5. The van der Waals surface area contributed by atoms with E-state index in [4.69, 9.17) is 16.3 Å². The molecule has 2 rings (SSSR count). The summed E-state index contributed by atoms with van der Waals surface area (Å²) in [6, 6.07) is 5.04. The Morgan fingerprint density at radius 1 is 1.43 bits per heavy atom. The van der Waals surface area contributed by atoms with Crippen molar-refractivity contribution in [3.63, 3.8) is 0 Å². The number of hydrogen-bond acceptors (Lipinski definition) is 4. The van der Waals surface area contributed by atoms with Crippen molar-refractivity contribution in [2.24, 2.45) is 0 Å². The first-order chi connectivity index (χ1) is 10.2. The largest absolute Gasteiger partial charge is 0.378 e. The monoisotopic (exact) mass is 328 g/mol. The van der Waals surface area contributed by atoms with Gasteiger partial charge in [0.15, 0.2) is 0 Å². The second-order valence-electron chi connectivity index (χ2n) is 4.58. The van der Waals surface area contributed by atoms with Gasteiger partial charge in [0.25, 0.3) is 0 Å². The predicted octanol–water partition coefficient (Wildman–Crippen LogP) is 3.78. The third-order valence-electron chi connectivity index (χ3n) is 3.01. The first-order valence-corrected chi connectivity index (χ1v) is 7.95. The van der Waals surface area contributed by atoms with Crippen molar-refractivity contribution < 1.29 is 9.13 Å². The second kappa shape index (κ2) is 7.84. The van der Waals surface area contributed by atoms with E-state index < -0.39 is 0 Å². The van der Waals surface area contributed by atoms with Crippen molar-refractivity contribution in [3.8, 4) is 0 Å². The quantitative estimate of drug-likeness (QED) is 0.840. The average Bonchev–Trinajstić information content (AvgIpc) is 2.84. The summed E-state index contributed by atoms with van der Waals surface area (Å²) in [6.07, 6.45) is 0.444. The second-order valence-corrected chi connectivity index (χ2v) is 6.16. The zero-order valence-corrected chi connectivity index (χ0v) is 13.7. The number of halogens is 2. The van der Waals surface area contributed by atoms with Gasteiger partial charge in [-0.1, -0.05) is 30.7 Å². The Balaban J connectivity index is 2.21. The van der Waals surface area contributed by atoms with E-state index in [1.165, 1.54) is 0 Å². The topological polar surface area (TPSA) is 34.2 Å². The Morgan fingerprint density at radius 3 is 2.95 bits per heavy atom. The van der Waals surface area contributed by atoms with E-state index in [-0.39, 0.29) is 10.8 Å². The number of benzene rings is 1. The van der Waals surface area contributed by atoms with Crippen LogP contribution in [0.2, 0.25) is 5.02 Å². The zero-order chi connectivity index (χ0) is 15.2. The molecular weight excluding hydrogens is 311 g/mol. The van der Waals surface area contributed by atoms with Crippen LogP contribution in [0.5, 0.6) is 0 Å². The first kappa shape index (κ1) is 16.4. The summed E-state index contributed by atoms with van der Waals surface area (Å²) in [6.45, 7) is 4.17. The van der Waals surface area contributed by atoms with Gasteiger partial charge in [-0.2, -0.15) is 0 Å². The number of rotatable bonds is 7. The number of aromatic nitrogens is 1. The van der Waals surface area contributed by atoms with Crippen LogP contribution in [0, 0.1) is 5.82 Å². The van der Waals surface area contributed by atoms with E-state index in [0.29, 0.717) is 18.6 Å². The van der Waals surface area contributed by atoms with Crippen LogP contribution in [-0.4, -0.2) is 18.6 Å². The van der Waals surface area contributed by atoms with E-state index in [0.717, 1.165) is 28.7 Å². The molecule has 1 aromatic carbocycles. The highest BCUT2D eigenvalue weighted by molar-refractivity contribution is 7.11. The number of methoxy groups -OCH3 is 1. The SMILES string of the molecule is CCNCc1sc(Cc2cccc(Cl)c2F)nc1COC. The van der Waals surface area contributed by atoms with Gasteiger partial charge in [-0.25, -0.2) is 9.37 Å². The summed E-state index contributed by atoms with van der Waals surface area (Å²) >= 11 is 7.40. The van der Waals surface area contributed by atoms with Gasteiger partial charge in [0.1, 0.15) is 5.82 Å². The number of thiazole rings is 1. The highest BCUT2D eigenvalue weighted by Crippen LogP contribution is 2.25. The van der Waals surface area contributed by atoms with E-state index >= 15 is 0 Å². The number of nitrogens with zero attached hydrogens (tertiary/aromatic N) is 1. The van der Waals surface area contributed by atoms with Crippen molar-refractivity contribution in [3.05, 3.63) is 50.2 Å². The van der Waals surface area contributed by atoms with Crippen molar-refractivity contribution in [2.45, 2.75) is 26.5 Å². The predicted molar refractivity (Wildman–Crippen MR) is 84.4 cm³/mol. The molecule has 114 valence electrons. The van der Waals surface area contributed by atoms with Gasteiger partial charge in [-0.3, -0.25) is 0 Å². The molecule has 0 unspecified atom stereocenters. The van der Waals surface area contributed by atoms with Crippen molar-refractivity contribution in [1.82, 2.24) is 10.3 Å². The molecule has 21 heavy (non-hydrogen) atoms. The number of nitrogens with one attached hydrogen (secondary N) is 1. The van der Waals surface area contributed by atoms with Gasteiger partial charge in [-0.05, 0) is 18.2 Å². The van der Waals surface area contributed by atoms with Crippen molar-refractivity contribution in [2.75, 3.05) is 13.7 Å². The fourth-order valence-corrected chi connectivity index (χ4v) is 3.25. The van der Waals surface area contributed by atoms with Crippen LogP contribution >= 0.6 is 22.9 Å². The van der Waals surface area contributed by atoms with Crippen LogP contribution in [0.25, 0.3) is 0 Å². The molecule has 0 bridgehead atoms. The van der Waals surface area contributed by atoms with Gasteiger partial charge in [0.05, 0.1) is 22.3 Å². The summed E-state index contributed by atoms with van der Waals surface area (Å²) < 4.78 is 19.1. The molecule has 0 radical (unpaired) electrons. The van der Waals surface area contributed by atoms with Crippen molar-refractivity contribution in [1.29, 1.82) is 0 Å². The summed E-state index contributed by atoms with van der Waals surface area (Å²) in [4.78, 5) is 5.70. The molecule has 3 nitrogen and oxygen atoms in total. The summed E-state index contributed by atoms with van der Waals surface area (Å²) in [5.74, 6) is -0.365. The lowest BCUT2D eigenvalue weighted by Gasteiger charge is -2.01. The van der Waals surface area contributed by atoms with E-state index in [9.17, 15) is 4.39 Å². The van der Waals surface area contributed by atoms with Gasteiger partial charge in [-0.15, -0.1) is 11.3 Å². The average molecular weight is 329 g/mol. The molecule has 0 amide bonds. The summed E-state index contributed by atoms with van der Waals surface area (Å²) in [5.41, 5.74) is 1.48. The third-order valence-corrected chi connectivity index (χ3v) is 4.40. The fourth-order valence-electron chi connectivity index (χ4n) is 1.99. The molecule has 0 atom stereocenters. The first-order valence-electron chi connectivity index (χ1n) is 6.75. The maximum absolute atomic E-state index is 14.0. The maximum atomic E-state index is 14.0. The highest BCUT2D eigenvalue weighted by Gasteiger charge is 2.14. The number of ether oxygens (including phenoxy) is 1. The van der Waals surface area contributed by atoms with Crippen LogP contribution in [0.15, 0.2) is 18.2 Å². The maximum Gasteiger partial charge on any atom is 0.145 e. The van der Waals surface area contributed by atoms with E-state index in [2.05, 4.69) is 17.2 Å². The fraction of sp³-hybridized carbons (Fsp3) is 0.400. The Labute approximate surface area is 133 Å². The molecule has 0 aliphatic carbocycles. The Bertz CT molecular complexity index is 603. The lowest BCUT2D eigenvalue weighted by atomic mass is 10.1. The van der Waals surface area contributed by atoms with Gasteiger partial charge in [0, 0.05) is 25.0 Å². The standard InChI is InChI=1S/C15H18ClFN2OS/c1-3-18-8-13-12(9-20-2)19-14(21-13)7-10-5-4-6-11(16)15(10)17/h4-6,18H,3,7-9H2,1-2H3. The molecule has 0 saturated carbocycles. The minimum atomic E-state index is -0.365. The molecule has 0 fully saturated rings. The lowest BCUT2D eigenvalue weighted by molar-refractivity contribution is 0.181. The molecule has 0 saturated heterocycles. The van der Waals surface area contributed by atoms with Crippen LogP contribution in [0.1, 0.15) is 28.1 Å². The van der Waals surface area contributed by atoms with Crippen LogP contribution in [0.3, 0.4) is 0 Å². The molecule has 1 heterocycles. The molecule has 1 aromatic heterocycles. The van der Waals surface area contributed by atoms with Gasteiger partial charge < -0.3 is 10.1 Å². The minimum absolute atomic E-state index is 0.147. The zero-order valence-electron chi connectivity index (χ0n) is 12.1. The van der Waals surface area contributed by atoms with Gasteiger partial charge >= 0.3 is 0 Å². The smallest absolute Gasteiger partial charge is 0.145 e. The lowest BCUT2D eigenvalue weighted by Crippen LogP contribution is -2.12. The Hall–Kier alpha value is -1.01. The molecular formula is C15H18ClFN2OS. The van der Waals surface area contributed by atoms with Crippen LogP contribution < -0.4 is 5.32 Å². The van der Waals surface area contributed by atoms with Crippen molar-refractivity contribution >= 4 is 22.9 Å². The van der Waals surface area contributed by atoms with E-state index in [1.807, 2.05) is 0 Å². The molecule has 1 N–H and O–H groups in total. The summed E-state index contributed by atoms with van der Waals surface area (Å²) in [5, 5.41) is 4.30. The summed E-state index contributed by atoms with van der Waals surface area (Å²) in [7, 11) is 1.65. The minimum Gasteiger partial charge on any atom is -0.378 e. The molecule has 2 aromatic rings. The molecule has 6 heteroatoms.